The molecule has 2 aliphatic heterocycles. The van der Waals surface area contributed by atoms with Gasteiger partial charge in [-0.2, -0.15) is 0 Å². The predicted octanol–water partition coefficient (Wildman–Crippen LogP) is -3.34. The van der Waals surface area contributed by atoms with Crippen molar-refractivity contribution in [3.8, 4) is 0 Å². The van der Waals surface area contributed by atoms with E-state index in [1.807, 2.05) is 0 Å². The molecule has 0 saturated carbocycles. The molecular weight excluding hydrogens is 288 g/mol. The smallest absolute Gasteiger partial charge is 0.197 e. The highest BCUT2D eigenvalue weighted by Gasteiger charge is 2.54. The summed E-state index contributed by atoms with van der Waals surface area (Å²) in [6.07, 6.45) is -10.5. The molecule has 0 aromatic carbocycles. The van der Waals surface area contributed by atoms with Crippen molar-refractivity contribution in [2.75, 3.05) is 6.61 Å². The van der Waals surface area contributed by atoms with Gasteiger partial charge in [0.05, 0.1) is 12.7 Å². The quantitative estimate of drug-likeness (QED) is 0.314. The van der Waals surface area contributed by atoms with Crippen molar-refractivity contribution in [3.63, 3.8) is 0 Å². The zero-order valence-electron chi connectivity index (χ0n) is 11.7. The first-order chi connectivity index (χ1) is 9.71. The molecule has 0 aliphatic carbocycles. The fraction of sp³-hybridized carbons (Fsp3) is 1.00. The SMILES string of the molecule is C[C@H]1O[C@@](C)(O[C@H]2O[C@H](CO)[C@@H](O)[C@H](O)[C@H]2O)[C@@H](O)[C@@H]1O. The van der Waals surface area contributed by atoms with E-state index >= 15 is 0 Å². The van der Waals surface area contributed by atoms with E-state index in [0.29, 0.717) is 0 Å². The third kappa shape index (κ3) is 2.93. The Hall–Kier alpha value is -0.360. The normalized spacial score (nSPS) is 54.9. The van der Waals surface area contributed by atoms with Gasteiger partial charge in [0.15, 0.2) is 12.1 Å². The second-order valence-corrected chi connectivity index (χ2v) is 5.59. The van der Waals surface area contributed by atoms with Crippen LogP contribution in [0.2, 0.25) is 0 Å². The van der Waals surface area contributed by atoms with Crippen molar-refractivity contribution in [3.05, 3.63) is 0 Å². The first-order valence-corrected chi connectivity index (χ1v) is 6.73. The third-order valence-corrected chi connectivity index (χ3v) is 3.96. The first kappa shape index (κ1) is 17.0. The van der Waals surface area contributed by atoms with Crippen LogP contribution in [0.3, 0.4) is 0 Å². The lowest BCUT2D eigenvalue weighted by Gasteiger charge is -2.42. The van der Waals surface area contributed by atoms with Gasteiger partial charge in [-0.1, -0.05) is 0 Å². The highest BCUT2D eigenvalue weighted by atomic mass is 16.8. The molecule has 9 heteroatoms. The molecule has 0 bridgehead atoms. The number of ether oxygens (including phenoxy) is 3. The summed E-state index contributed by atoms with van der Waals surface area (Å²) in [5.74, 6) is -1.66. The average molecular weight is 310 g/mol. The third-order valence-electron chi connectivity index (χ3n) is 3.96. The van der Waals surface area contributed by atoms with Crippen LogP contribution in [0.4, 0.5) is 0 Å². The summed E-state index contributed by atoms with van der Waals surface area (Å²) in [6, 6.07) is 0. The molecule has 0 radical (unpaired) electrons. The van der Waals surface area contributed by atoms with Crippen molar-refractivity contribution >= 4 is 0 Å². The minimum Gasteiger partial charge on any atom is -0.394 e. The van der Waals surface area contributed by atoms with Crippen molar-refractivity contribution in [2.24, 2.45) is 0 Å². The van der Waals surface area contributed by atoms with Gasteiger partial charge >= 0.3 is 0 Å². The molecule has 9 atom stereocenters. The summed E-state index contributed by atoms with van der Waals surface area (Å²) < 4.78 is 15.9. The van der Waals surface area contributed by atoms with Crippen LogP contribution in [-0.4, -0.2) is 92.1 Å². The van der Waals surface area contributed by atoms with Gasteiger partial charge in [0.2, 0.25) is 0 Å². The van der Waals surface area contributed by atoms with E-state index < -0.39 is 61.4 Å². The minimum atomic E-state index is -1.66. The molecule has 2 fully saturated rings. The van der Waals surface area contributed by atoms with Gasteiger partial charge in [-0.05, 0) is 13.8 Å². The van der Waals surface area contributed by atoms with Crippen LogP contribution in [0.15, 0.2) is 0 Å². The van der Waals surface area contributed by atoms with Crippen molar-refractivity contribution in [1.29, 1.82) is 0 Å². The Morgan fingerprint density at radius 1 is 1.00 bits per heavy atom. The largest absolute Gasteiger partial charge is 0.394 e. The van der Waals surface area contributed by atoms with Crippen LogP contribution in [0.25, 0.3) is 0 Å². The van der Waals surface area contributed by atoms with E-state index in [9.17, 15) is 25.5 Å². The number of hydrogen-bond donors (Lipinski definition) is 6. The van der Waals surface area contributed by atoms with Gasteiger partial charge in [-0.3, -0.25) is 0 Å². The first-order valence-electron chi connectivity index (χ1n) is 6.73. The number of aliphatic hydroxyl groups is 6. The van der Waals surface area contributed by atoms with E-state index in [-0.39, 0.29) is 0 Å². The maximum absolute atomic E-state index is 9.95. The highest BCUT2D eigenvalue weighted by molar-refractivity contribution is 4.95. The maximum Gasteiger partial charge on any atom is 0.197 e. The molecule has 0 aromatic heterocycles. The van der Waals surface area contributed by atoms with Crippen LogP contribution in [-0.2, 0) is 14.2 Å². The Balaban J connectivity index is 2.11. The summed E-state index contributed by atoms with van der Waals surface area (Å²) in [7, 11) is 0. The van der Waals surface area contributed by atoms with Gasteiger partial charge in [0.1, 0.15) is 36.6 Å². The lowest BCUT2D eigenvalue weighted by molar-refractivity contribution is -0.372. The summed E-state index contributed by atoms with van der Waals surface area (Å²) in [4.78, 5) is 0. The maximum atomic E-state index is 9.95. The summed E-state index contributed by atoms with van der Waals surface area (Å²) in [5.41, 5.74) is 0. The van der Waals surface area contributed by atoms with E-state index in [2.05, 4.69) is 0 Å². The predicted molar refractivity (Wildman–Crippen MR) is 65.8 cm³/mol. The standard InChI is InChI=1S/C12H22O9/c1-4-6(14)10(18)12(2,20-4)21-11-9(17)8(16)7(15)5(3-13)19-11/h4-11,13-18H,3H2,1-2H3/t4-,5-,6-,7-,8+,9-,10+,11-,12+/m1/s1. The zero-order chi connectivity index (χ0) is 15.9. The lowest BCUT2D eigenvalue weighted by atomic mass is 9.99. The fourth-order valence-electron chi connectivity index (χ4n) is 2.57. The molecule has 0 aromatic rings. The molecular formula is C12H22O9. The lowest BCUT2D eigenvalue weighted by Crippen LogP contribution is -2.61. The molecule has 2 aliphatic rings. The van der Waals surface area contributed by atoms with Crippen molar-refractivity contribution in [2.45, 2.75) is 68.7 Å². The Kier molecular flexibility index (Phi) is 4.88. The monoisotopic (exact) mass is 310 g/mol. The molecule has 0 unspecified atom stereocenters. The van der Waals surface area contributed by atoms with Crippen LogP contribution in [0.5, 0.6) is 0 Å². The average Bonchev–Trinajstić information content (AvgIpc) is 2.63. The highest BCUT2D eigenvalue weighted by Crippen LogP contribution is 2.35. The Bertz CT molecular complexity index is 365. The molecule has 21 heavy (non-hydrogen) atoms. The zero-order valence-corrected chi connectivity index (χ0v) is 11.7. The molecule has 124 valence electrons. The van der Waals surface area contributed by atoms with Crippen LogP contribution in [0, 0.1) is 0 Å². The molecule has 0 spiro atoms. The Morgan fingerprint density at radius 3 is 2.10 bits per heavy atom. The van der Waals surface area contributed by atoms with Crippen LogP contribution >= 0.6 is 0 Å². The topological polar surface area (TPSA) is 149 Å². The second kappa shape index (κ2) is 6.03. The van der Waals surface area contributed by atoms with E-state index in [1.54, 1.807) is 0 Å². The summed E-state index contributed by atoms with van der Waals surface area (Å²) in [5, 5.41) is 57.9. The summed E-state index contributed by atoms with van der Waals surface area (Å²) >= 11 is 0. The van der Waals surface area contributed by atoms with Crippen LogP contribution in [0.1, 0.15) is 13.8 Å². The van der Waals surface area contributed by atoms with E-state index in [1.165, 1.54) is 13.8 Å². The molecule has 2 saturated heterocycles. The molecule has 2 rings (SSSR count). The number of aliphatic hydroxyl groups excluding tert-OH is 6. The second-order valence-electron chi connectivity index (χ2n) is 5.59. The fourth-order valence-corrected chi connectivity index (χ4v) is 2.57. The van der Waals surface area contributed by atoms with Crippen LogP contribution < -0.4 is 0 Å². The van der Waals surface area contributed by atoms with E-state index in [4.69, 9.17) is 19.3 Å². The van der Waals surface area contributed by atoms with Gasteiger partial charge in [-0.15, -0.1) is 0 Å². The van der Waals surface area contributed by atoms with Crippen molar-refractivity contribution < 1.29 is 44.8 Å². The van der Waals surface area contributed by atoms with Gasteiger partial charge in [0.25, 0.3) is 0 Å². The molecule has 2 heterocycles. The number of rotatable bonds is 3. The molecule has 0 amide bonds. The minimum absolute atomic E-state index is 0.593. The molecule has 6 N–H and O–H groups in total. The summed E-state index contributed by atoms with van der Waals surface area (Å²) in [6.45, 7) is 2.30. The Morgan fingerprint density at radius 2 is 1.62 bits per heavy atom. The van der Waals surface area contributed by atoms with Gasteiger partial charge < -0.3 is 44.8 Å². The molecule has 9 nitrogen and oxygen atoms in total. The van der Waals surface area contributed by atoms with Crippen molar-refractivity contribution in [1.82, 2.24) is 0 Å². The van der Waals surface area contributed by atoms with E-state index in [0.717, 1.165) is 0 Å². The van der Waals surface area contributed by atoms with Gasteiger partial charge in [-0.25, -0.2) is 0 Å². The number of hydrogen-bond acceptors (Lipinski definition) is 9. The van der Waals surface area contributed by atoms with Gasteiger partial charge in [0, 0.05) is 0 Å². The Labute approximate surface area is 121 Å².